The molecule has 8 nitrogen and oxygen atoms in total. The van der Waals surface area contributed by atoms with E-state index in [1.807, 2.05) is 37.3 Å². The lowest BCUT2D eigenvalue weighted by Gasteiger charge is -2.25. The molecule has 1 unspecified atom stereocenters. The van der Waals surface area contributed by atoms with Crippen molar-refractivity contribution in [1.82, 2.24) is 4.57 Å². The number of thiazole rings is 1. The Morgan fingerprint density at radius 2 is 1.83 bits per heavy atom. The molecule has 1 aliphatic rings. The van der Waals surface area contributed by atoms with Crippen LogP contribution in [0.25, 0.3) is 6.08 Å². The van der Waals surface area contributed by atoms with E-state index in [-0.39, 0.29) is 23.5 Å². The van der Waals surface area contributed by atoms with Gasteiger partial charge in [-0.3, -0.25) is 14.2 Å². The molecule has 0 spiro atoms. The molecule has 0 radical (unpaired) electrons. The Bertz CT molecular complexity index is 1550. The first kappa shape index (κ1) is 25.1. The Balaban J connectivity index is 1.94. The lowest BCUT2D eigenvalue weighted by molar-refractivity contribution is -0.139. The fourth-order valence-corrected chi connectivity index (χ4v) is 5.06. The van der Waals surface area contributed by atoms with E-state index in [4.69, 9.17) is 14.2 Å². The molecule has 0 fully saturated rings. The molecule has 3 aromatic rings. The summed E-state index contributed by atoms with van der Waals surface area (Å²) in [6, 6.07) is 12.0. The Morgan fingerprint density at radius 1 is 1.11 bits per heavy atom. The van der Waals surface area contributed by atoms with Crippen molar-refractivity contribution in [1.29, 1.82) is 0 Å². The van der Waals surface area contributed by atoms with E-state index in [0.29, 0.717) is 26.3 Å². The molecule has 1 atom stereocenters. The molecule has 0 aliphatic carbocycles. The van der Waals surface area contributed by atoms with E-state index < -0.39 is 18.0 Å². The number of methoxy groups -OCH3 is 1. The first-order valence-corrected chi connectivity index (χ1v) is 12.2. The van der Waals surface area contributed by atoms with Crippen LogP contribution in [0.2, 0.25) is 0 Å². The van der Waals surface area contributed by atoms with Gasteiger partial charge in [0.2, 0.25) is 0 Å². The van der Waals surface area contributed by atoms with Crippen LogP contribution in [0.4, 0.5) is 0 Å². The molecule has 186 valence electrons. The van der Waals surface area contributed by atoms with Gasteiger partial charge < -0.3 is 14.2 Å². The highest BCUT2D eigenvalue weighted by atomic mass is 32.1. The molecule has 1 aromatic heterocycles. The number of aryl methyl sites for hydroxylation is 1. The summed E-state index contributed by atoms with van der Waals surface area (Å²) in [5.74, 6) is -0.519. The summed E-state index contributed by atoms with van der Waals surface area (Å²) in [6.45, 7) is 6.91. The summed E-state index contributed by atoms with van der Waals surface area (Å²) in [7, 11) is 1.45. The highest BCUT2D eigenvalue weighted by Crippen LogP contribution is 2.36. The fourth-order valence-electron chi connectivity index (χ4n) is 4.01. The first-order chi connectivity index (χ1) is 17.2. The maximum Gasteiger partial charge on any atom is 0.338 e. The number of rotatable bonds is 6. The average Bonchev–Trinajstić information content (AvgIpc) is 3.14. The molecule has 2 aromatic carbocycles. The summed E-state index contributed by atoms with van der Waals surface area (Å²) in [4.78, 5) is 43.3. The van der Waals surface area contributed by atoms with Gasteiger partial charge in [-0.1, -0.05) is 47.2 Å². The zero-order chi connectivity index (χ0) is 26.0. The van der Waals surface area contributed by atoms with Crippen LogP contribution in [0.5, 0.6) is 11.5 Å². The van der Waals surface area contributed by atoms with E-state index >= 15 is 0 Å². The maximum atomic E-state index is 13.7. The fraction of sp³-hybridized carbons (Fsp3) is 0.259. The van der Waals surface area contributed by atoms with Gasteiger partial charge in [0.25, 0.3) is 5.56 Å². The van der Waals surface area contributed by atoms with Crippen molar-refractivity contribution in [3.05, 3.63) is 90.1 Å². The minimum atomic E-state index is -0.805. The maximum absolute atomic E-state index is 13.7. The number of benzene rings is 2. The van der Waals surface area contributed by atoms with Crippen LogP contribution in [-0.4, -0.2) is 30.2 Å². The second-order valence-corrected chi connectivity index (χ2v) is 9.23. The summed E-state index contributed by atoms with van der Waals surface area (Å²) in [5.41, 5.74) is 3.04. The summed E-state index contributed by atoms with van der Waals surface area (Å²) < 4.78 is 18.0. The summed E-state index contributed by atoms with van der Waals surface area (Å²) >= 11 is 1.25. The standard InChI is InChI=1S/C27H26N2O6S/c1-6-34-26(32)23-16(3)28-27-29(25(31)22(36-27)13-18-9-7-15(2)8-10-18)24(23)19-11-12-20(35-17(4)30)21(14-19)33-5/h7-14,24H,6H2,1-5H3. The van der Waals surface area contributed by atoms with E-state index in [2.05, 4.69) is 4.99 Å². The quantitative estimate of drug-likeness (QED) is 0.377. The minimum Gasteiger partial charge on any atom is -0.493 e. The Morgan fingerprint density at radius 3 is 2.47 bits per heavy atom. The van der Waals surface area contributed by atoms with Crippen LogP contribution in [0.1, 0.15) is 43.5 Å². The Kier molecular flexibility index (Phi) is 7.21. The number of nitrogens with zero attached hydrogens (tertiary/aromatic N) is 2. The third kappa shape index (κ3) is 4.87. The highest BCUT2D eigenvalue weighted by molar-refractivity contribution is 7.07. The molecule has 9 heteroatoms. The molecule has 4 rings (SSSR count). The van der Waals surface area contributed by atoms with Gasteiger partial charge >= 0.3 is 11.9 Å². The van der Waals surface area contributed by atoms with Gasteiger partial charge in [-0.15, -0.1) is 0 Å². The van der Waals surface area contributed by atoms with Gasteiger partial charge in [0.1, 0.15) is 0 Å². The molecule has 2 heterocycles. The smallest absolute Gasteiger partial charge is 0.338 e. The number of hydrogen-bond donors (Lipinski definition) is 0. The van der Waals surface area contributed by atoms with Gasteiger partial charge in [-0.2, -0.15) is 0 Å². The van der Waals surface area contributed by atoms with Crippen molar-refractivity contribution in [2.24, 2.45) is 4.99 Å². The third-order valence-electron chi connectivity index (χ3n) is 5.65. The minimum absolute atomic E-state index is 0.175. The monoisotopic (exact) mass is 506 g/mol. The van der Waals surface area contributed by atoms with Crippen LogP contribution in [-0.2, 0) is 14.3 Å². The zero-order valence-electron chi connectivity index (χ0n) is 20.7. The first-order valence-electron chi connectivity index (χ1n) is 11.4. The van der Waals surface area contributed by atoms with Gasteiger partial charge in [-0.25, -0.2) is 9.79 Å². The average molecular weight is 507 g/mol. The number of carbonyl (C=O) groups excluding carboxylic acids is 2. The van der Waals surface area contributed by atoms with Crippen molar-refractivity contribution in [2.45, 2.75) is 33.7 Å². The molecule has 1 aliphatic heterocycles. The molecule has 36 heavy (non-hydrogen) atoms. The van der Waals surface area contributed by atoms with Crippen LogP contribution in [0.3, 0.4) is 0 Å². The van der Waals surface area contributed by atoms with Crippen LogP contribution >= 0.6 is 11.3 Å². The van der Waals surface area contributed by atoms with Crippen molar-refractivity contribution in [3.63, 3.8) is 0 Å². The predicted octanol–water partition coefficient (Wildman–Crippen LogP) is 3.04. The summed E-state index contributed by atoms with van der Waals surface area (Å²) in [5, 5.41) is 0. The molecule has 0 N–H and O–H groups in total. The van der Waals surface area contributed by atoms with Crippen molar-refractivity contribution >= 4 is 29.4 Å². The lowest BCUT2D eigenvalue weighted by atomic mass is 9.95. The normalized spacial score (nSPS) is 15.2. The molecular weight excluding hydrogens is 480 g/mol. The van der Waals surface area contributed by atoms with Crippen molar-refractivity contribution in [2.75, 3.05) is 13.7 Å². The van der Waals surface area contributed by atoms with Crippen LogP contribution < -0.4 is 24.4 Å². The predicted molar refractivity (Wildman–Crippen MR) is 136 cm³/mol. The summed E-state index contributed by atoms with van der Waals surface area (Å²) in [6.07, 6.45) is 1.81. The van der Waals surface area contributed by atoms with Gasteiger partial charge in [0.15, 0.2) is 16.3 Å². The number of aromatic nitrogens is 1. The number of carbonyl (C=O) groups is 2. The second-order valence-electron chi connectivity index (χ2n) is 8.22. The van der Waals surface area contributed by atoms with Gasteiger partial charge in [0, 0.05) is 6.92 Å². The Hall–Kier alpha value is -3.98. The topological polar surface area (TPSA) is 96.2 Å². The molecular formula is C27H26N2O6S. The second kappa shape index (κ2) is 10.3. The van der Waals surface area contributed by atoms with Gasteiger partial charge in [-0.05, 0) is 50.1 Å². The SMILES string of the molecule is CCOC(=O)C1=C(C)N=c2sc(=Cc3ccc(C)cc3)c(=O)n2C1c1ccc(OC(C)=O)c(OC)c1. The van der Waals surface area contributed by atoms with Crippen molar-refractivity contribution in [3.8, 4) is 11.5 Å². The van der Waals surface area contributed by atoms with E-state index in [1.54, 1.807) is 32.0 Å². The van der Waals surface area contributed by atoms with E-state index in [0.717, 1.165) is 11.1 Å². The van der Waals surface area contributed by atoms with Crippen LogP contribution in [0, 0.1) is 6.92 Å². The number of allylic oxidation sites excluding steroid dienone is 1. The number of esters is 2. The lowest BCUT2D eigenvalue weighted by Crippen LogP contribution is -2.40. The highest BCUT2D eigenvalue weighted by Gasteiger charge is 2.34. The van der Waals surface area contributed by atoms with Crippen molar-refractivity contribution < 1.29 is 23.8 Å². The number of fused-ring (bicyclic) bond motifs is 1. The third-order valence-corrected chi connectivity index (χ3v) is 6.63. The van der Waals surface area contributed by atoms with Gasteiger partial charge in [0.05, 0.1) is 35.6 Å². The molecule has 0 bridgehead atoms. The molecule has 0 saturated carbocycles. The zero-order valence-corrected chi connectivity index (χ0v) is 21.5. The Labute approximate surface area is 211 Å². The molecule has 0 amide bonds. The van der Waals surface area contributed by atoms with E-state index in [9.17, 15) is 14.4 Å². The number of hydrogen-bond acceptors (Lipinski definition) is 8. The van der Waals surface area contributed by atoms with Crippen LogP contribution in [0.15, 0.2) is 63.5 Å². The number of ether oxygens (including phenoxy) is 3. The van der Waals surface area contributed by atoms with E-state index in [1.165, 1.54) is 29.9 Å². The largest absolute Gasteiger partial charge is 0.493 e. The molecule has 0 saturated heterocycles.